The van der Waals surface area contributed by atoms with Gasteiger partial charge in [-0.2, -0.15) is 0 Å². The molecule has 1 fully saturated rings. The third-order valence-electron chi connectivity index (χ3n) is 3.88. The van der Waals surface area contributed by atoms with E-state index in [1.54, 1.807) is 19.0 Å². The zero-order chi connectivity index (χ0) is 14.5. The molecule has 0 radical (unpaired) electrons. The molecule has 110 valence electrons. The van der Waals surface area contributed by atoms with Crippen LogP contribution in [0.25, 0.3) is 0 Å². The summed E-state index contributed by atoms with van der Waals surface area (Å²) in [6.07, 6.45) is 5.77. The fourth-order valence-electron chi connectivity index (χ4n) is 2.49. The number of rotatable bonds is 3. The average molecular weight is 276 g/mol. The van der Waals surface area contributed by atoms with Crippen molar-refractivity contribution in [3.05, 3.63) is 29.6 Å². The number of piperidine rings is 1. The minimum atomic E-state index is 0.117. The number of amides is 2. The van der Waals surface area contributed by atoms with Crippen molar-refractivity contribution in [3.63, 3.8) is 0 Å². The zero-order valence-corrected chi connectivity index (χ0v) is 12.6. The van der Waals surface area contributed by atoms with Crippen LogP contribution < -0.4 is 5.32 Å². The third-order valence-corrected chi connectivity index (χ3v) is 3.88. The van der Waals surface area contributed by atoms with Crippen LogP contribution in [0.4, 0.5) is 4.79 Å². The van der Waals surface area contributed by atoms with Crippen LogP contribution in [0, 0.1) is 6.92 Å². The molecule has 0 bridgehead atoms. The Hall–Kier alpha value is -1.62. The SMILES string of the molecule is Cc1ccncc1CNC1CCN(C(=O)N(C)C)CC1. The highest BCUT2D eigenvalue weighted by atomic mass is 16.2. The fourth-order valence-corrected chi connectivity index (χ4v) is 2.49. The van der Waals surface area contributed by atoms with Crippen LogP contribution in [0.15, 0.2) is 18.5 Å². The van der Waals surface area contributed by atoms with E-state index in [0.717, 1.165) is 32.5 Å². The molecule has 0 aromatic carbocycles. The van der Waals surface area contributed by atoms with E-state index in [2.05, 4.69) is 17.2 Å². The van der Waals surface area contributed by atoms with E-state index in [9.17, 15) is 4.79 Å². The Balaban J connectivity index is 1.78. The number of hydrogen-bond donors (Lipinski definition) is 1. The van der Waals surface area contributed by atoms with Gasteiger partial charge >= 0.3 is 6.03 Å². The number of pyridine rings is 1. The van der Waals surface area contributed by atoms with Crippen molar-refractivity contribution in [2.24, 2.45) is 0 Å². The first-order valence-corrected chi connectivity index (χ1v) is 7.17. The van der Waals surface area contributed by atoms with Gasteiger partial charge in [-0.25, -0.2) is 4.79 Å². The first-order valence-electron chi connectivity index (χ1n) is 7.17. The molecule has 5 nitrogen and oxygen atoms in total. The summed E-state index contributed by atoms with van der Waals surface area (Å²) in [4.78, 5) is 19.6. The van der Waals surface area contributed by atoms with Gasteiger partial charge in [0.1, 0.15) is 0 Å². The summed E-state index contributed by atoms with van der Waals surface area (Å²) in [5, 5.41) is 3.58. The van der Waals surface area contributed by atoms with Gasteiger partial charge in [-0.1, -0.05) is 0 Å². The van der Waals surface area contributed by atoms with Crippen molar-refractivity contribution in [1.82, 2.24) is 20.1 Å². The number of carbonyl (C=O) groups is 1. The summed E-state index contributed by atoms with van der Waals surface area (Å²) in [5.74, 6) is 0. The predicted octanol–water partition coefficient (Wildman–Crippen LogP) is 1.63. The molecule has 2 amide bonds. The van der Waals surface area contributed by atoms with Crippen LogP contribution in [0.2, 0.25) is 0 Å². The molecular formula is C15H24N4O. The largest absolute Gasteiger partial charge is 0.331 e. The van der Waals surface area contributed by atoms with E-state index in [1.165, 1.54) is 11.1 Å². The Morgan fingerprint density at radius 1 is 1.45 bits per heavy atom. The van der Waals surface area contributed by atoms with E-state index in [4.69, 9.17) is 0 Å². The number of hydrogen-bond acceptors (Lipinski definition) is 3. The zero-order valence-electron chi connectivity index (χ0n) is 12.6. The number of likely N-dealkylation sites (tertiary alicyclic amines) is 1. The van der Waals surface area contributed by atoms with Crippen molar-refractivity contribution in [2.75, 3.05) is 27.2 Å². The predicted molar refractivity (Wildman–Crippen MR) is 79.5 cm³/mol. The molecule has 1 aromatic rings. The number of carbonyl (C=O) groups excluding carboxylic acids is 1. The lowest BCUT2D eigenvalue weighted by Crippen LogP contribution is -2.47. The topological polar surface area (TPSA) is 48.5 Å². The third kappa shape index (κ3) is 3.70. The molecule has 20 heavy (non-hydrogen) atoms. The van der Waals surface area contributed by atoms with E-state index in [-0.39, 0.29) is 6.03 Å². The fraction of sp³-hybridized carbons (Fsp3) is 0.600. The Morgan fingerprint density at radius 2 is 2.15 bits per heavy atom. The molecule has 0 unspecified atom stereocenters. The second-order valence-corrected chi connectivity index (χ2v) is 5.62. The molecule has 0 atom stereocenters. The summed E-state index contributed by atoms with van der Waals surface area (Å²) in [6, 6.07) is 2.64. The molecule has 0 saturated carbocycles. The quantitative estimate of drug-likeness (QED) is 0.913. The molecule has 2 heterocycles. The van der Waals surface area contributed by atoms with Gasteiger partial charge in [-0.05, 0) is 37.0 Å². The molecule has 0 spiro atoms. The minimum absolute atomic E-state index is 0.117. The van der Waals surface area contributed by atoms with Crippen LogP contribution >= 0.6 is 0 Å². The van der Waals surface area contributed by atoms with Gasteiger partial charge in [0.25, 0.3) is 0 Å². The number of nitrogens with zero attached hydrogens (tertiary/aromatic N) is 3. The summed E-state index contributed by atoms with van der Waals surface area (Å²) in [7, 11) is 3.61. The Bertz CT molecular complexity index is 453. The van der Waals surface area contributed by atoms with Gasteiger partial charge in [0.05, 0.1) is 0 Å². The lowest BCUT2D eigenvalue weighted by atomic mass is 10.0. The van der Waals surface area contributed by atoms with E-state index in [0.29, 0.717) is 6.04 Å². The highest BCUT2D eigenvalue weighted by Crippen LogP contribution is 2.13. The average Bonchev–Trinajstić information content (AvgIpc) is 2.46. The van der Waals surface area contributed by atoms with E-state index < -0.39 is 0 Å². The second kappa shape index (κ2) is 6.70. The van der Waals surface area contributed by atoms with Crippen molar-refractivity contribution < 1.29 is 4.79 Å². The Morgan fingerprint density at radius 3 is 2.75 bits per heavy atom. The molecule has 0 aliphatic carbocycles. The first kappa shape index (κ1) is 14.8. The van der Waals surface area contributed by atoms with Crippen LogP contribution in [-0.4, -0.2) is 54.0 Å². The molecule has 1 aliphatic heterocycles. The maximum Gasteiger partial charge on any atom is 0.319 e. The van der Waals surface area contributed by atoms with Gasteiger partial charge in [0.15, 0.2) is 0 Å². The maximum atomic E-state index is 11.9. The highest BCUT2D eigenvalue weighted by Gasteiger charge is 2.23. The van der Waals surface area contributed by atoms with Crippen LogP contribution in [0.3, 0.4) is 0 Å². The number of nitrogens with one attached hydrogen (secondary N) is 1. The minimum Gasteiger partial charge on any atom is -0.331 e. The lowest BCUT2D eigenvalue weighted by molar-refractivity contribution is 0.152. The van der Waals surface area contributed by atoms with E-state index >= 15 is 0 Å². The van der Waals surface area contributed by atoms with Crippen molar-refractivity contribution in [2.45, 2.75) is 32.4 Å². The summed E-state index contributed by atoms with van der Waals surface area (Å²) >= 11 is 0. The molecular weight excluding hydrogens is 252 g/mol. The summed E-state index contributed by atoms with van der Waals surface area (Å²) < 4.78 is 0. The number of aryl methyl sites for hydroxylation is 1. The van der Waals surface area contributed by atoms with Crippen molar-refractivity contribution in [1.29, 1.82) is 0 Å². The van der Waals surface area contributed by atoms with Crippen molar-refractivity contribution >= 4 is 6.03 Å². The number of urea groups is 1. The Labute approximate surface area is 121 Å². The van der Waals surface area contributed by atoms with Gasteiger partial charge in [0.2, 0.25) is 0 Å². The van der Waals surface area contributed by atoms with Crippen molar-refractivity contribution in [3.8, 4) is 0 Å². The van der Waals surface area contributed by atoms with Crippen LogP contribution in [0.5, 0.6) is 0 Å². The normalized spacial score (nSPS) is 16.2. The molecule has 5 heteroatoms. The first-order chi connectivity index (χ1) is 9.58. The van der Waals surface area contributed by atoms with Gasteiger partial charge in [0, 0.05) is 52.2 Å². The van der Waals surface area contributed by atoms with Gasteiger partial charge < -0.3 is 15.1 Å². The smallest absolute Gasteiger partial charge is 0.319 e. The summed E-state index contributed by atoms with van der Waals surface area (Å²) in [6.45, 7) is 4.63. The molecule has 2 rings (SSSR count). The maximum absolute atomic E-state index is 11.9. The monoisotopic (exact) mass is 276 g/mol. The molecule has 1 N–H and O–H groups in total. The molecule has 1 aromatic heterocycles. The summed E-state index contributed by atoms with van der Waals surface area (Å²) in [5.41, 5.74) is 2.52. The Kier molecular flexibility index (Phi) is 4.95. The molecule has 1 aliphatic rings. The van der Waals surface area contributed by atoms with Crippen LogP contribution in [0.1, 0.15) is 24.0 Å². The van der Waals surface area contributed by atoms with Gasteiger partial charge in [-0.15, -0.1) is 0 Å². The van der Waals surface area contributed by atoms with E-state index in [1.807, 2.05) is 23.4 Å². The van der Waals surface area contributed by atoms with Crippen LogP contribution in [-0.2, 0) is 6.54 Å². The highest BCUT2D eigenvalue weighted by molar-refractivity contribution is 5.73. The number of aromatic nitrogens is 1. The molecule has 1 saturated heterocycles. The second-order valence-electron chi connectivity index (χ2n) is 5.62. The lowest BCUT2D eigenvalue weighted by Gasteiger charge is -2.34. The standard InChI is InChI=1S/C15H24N4O/c1-12-4-7-16-10-13(12)11-17-14-5-8-19(9-6-14)15(20)18(2)3/h4,7,10,14,17H,5-6,8-9,11H2,1-3H3. The van der Waals surface area contributed by atoms with Gasteiger partial charge in [-0.3, -0.25) is 4.98 Å².